The van der Waals surface area contributed by atoms with E-state index in [4.69, 9.17) is 12.2 Å². The van der Waals surface area contributed by atoms with E-state index in [0.717, 1.165) is 60.1 Å². The molecular weight excluding hydrogens is 977 g/mol. The second kappa shape index (κ2) is 16.9. The SMILES string of the molecule is [2H]C([2H])([2H])c1ccc2c(n1)sc1c(C3[N-]c4ccccc4N3c3ccc(C(C)C)c4sc5ccccc5c34)[c-]ccc12.[2H]C([2H])(c1cc(-c2[c-]cccc2)ncc1[Si](C)(C)C)C(C)(C)C.[Ir+3]. The molecule has 0 radical (unpaired) electrons. The first-order chi connectivity index (χ1) is 30.7. The molecule has 4 aromatic heterocycles. The summed E-state index contributed by atoms with van der Waals surface area (Å²) in [6.45, 7) is 14.8. The third-order valence-electron chi connectivity index (χ3n) is 10.9. The second-order valence-corrected chi connectivity index (χ2v) is 24.9. The minimum atomic E-state index is -2.25. The summed E-state index contributed by atoms with van der Waals surface area (Å²) < 4.78 is 44.7. The number of nitrogens with zero attached hydrogens (tertiary/aromatic N) is 4. The molecule has 0 N–H and O–H groups in total. The Bertz CT molecular complexity index is 3240. The van der Waals surface area contributed by atoms with Gasteiger partial charge in [0.2, 0.25) is 0 Å². The molecule has 0 saturated carbocycles. The Morgan fingerprint density at radius 2 is 1.62 bits per heavy atom. The van der Waals surface area contributed by atoms with Gasteiger partial charge in [-0.1, -0.05) is 119 Å². The third kappa shape index (κ3) is 8.34. The van der Waals surface area contributed by atoms with Gasteiger partial charge in [0.25, 0.3) is 0 Å². The van der Waals surface area contributed by atoms with Crippen molar-refractivity contribution >= 4 is 93.5 Å². The zero-order chi connectivity index (χ0) is 46.2. The van der Waals surface area contributed by atoms with Gasteiger partial charge in [-0.3, -0.25) is 0 Å². The predicted octanol–water partition coefficient (Wildman–Crippen LogP) is 15.6. The Hall–Kier alpha value is -4.69. The molecule has 0 bridgehead atoms. The van der Waals surface area contributed by atoms with Crippen LogP contribution in [-0.4, -0.2) is 18.0 Å². The second-order valence-electron chi connectivity index (χ2n) is 17.8. The molecule has 1 unspecified atom stereocenters. The van der Waals surface area contributed by atoms with E-state index in [1.54, 1.807) is 6.07 Å². The van der Waals surface area contributed by atoms with E-state index in [1.807, 2.05) is 92.9 Å². The largest absolute Gasteiger partial charge is 3.00 e. The molecule has 4 nitrogen and oxygen atoms in total. The van der Waals surface area contributed by atoms with E-state index in [0.29, 0.717) is 10.7 Å². The summed E-state index contributed by atoms with van der Waals surface area (Å²) in [5, 5.41) is 10.9. The van der Waals surface area contributed by atoms with Crippen LogP contribution in [0.4, 0.5) is 17.1 Å². The van der Waals surface area contributed by atoms with Crippen LogP contribution in [0.5, 0.6) is 0 Å². The standard InChI is InChI=1S/C34H25N3S2.C19H26NSi.Ir/c1-19(2)21-17-18-28(30-24-9-4-7-14-29(24)38-32(21)30)37-27-13-6-5-12-26(27)36-33(37)25-11-8-10-22-23-16-15-20(3)35-34(23)39-31(22)25;1-19(2,3)13-16-12-17(15-10-8-7-9-11-15)20-14-18(16)21(4,5)6;/h4-10,12-19,33H,1-3H3;7-10,12,14H,13H2,1-6H3;/q-2;-1;+3/i3D3;13D2;. The maximum Gasteiger partial charge on any atom is 3.00 e. The van der Waals surface area contributed by atoms with E-state index >= 15 is 0 Å². The van der Waals surface area contributed by atoms with E-state index in [1.165, 1.54) is 37.1 Å². The van der Waals surface area contributed by atoms with Crippen molar-refractivity contribution in [1.29, 1.82) is 0 Å². The van der Waals surface area contributed by atoms with Crippen LogP contribution in [-0.2, 0) is 26.5 Å². The smallest absolute Gasteiger partial charge is 0.661 e. The number of thiophene rings is 2. The van der Waals surface area contributed by atoms with Gasteiger partial charge in [-0.25, -0.2) is 4.98 Å². The number of fused-ring (bicyclic) bond motifs is 7. The fraction of sp³-hybridized carbons (Fsp3) is 0.245. The fourth-order valence-corrected chi connectivity index (χ4v) is 12.1. The predicted molar refractivity (Wildman–Crippen MR) is 263 cm³/mol. The van der Waals surface area contributed by atoms with Crippen LogP contribution in [0.3, 0.4) is 0 Å². The summed E-state index contributed by atoms with van der Waals surface area (Å²) in [6.07, 6.45) is 0.129. The molecule has 1 aliphatic rings. The molecule has 61 heavy (non-hydrogen) atoms. The van der Waals surface area contributed by atoms with Crippen molar-refractivity contribution in [2.75, 3.05) is 4.90 Å². The maximum atomic E-state index is 8.75. The maximum absolute atomic E-state index is 8.75. The minimum Gasteiger partial charge on any atom is -0.661 e. The van der Waals surface area contributed by atoms with Crippen LogP contribution in [0, 0.1) is 24.4 Å². The number of para-hydroxylation sites is 2. The van der Waals surface area contributed by atoms with Gasteiger partial charge < -0.3 is 15.2 Å². The minimum absolute atomic E-state index is 0. The Kier molecular flexibility index (Phi) is 10.2. The van der Waals surface area contributed by atoms with Crippen LogP contribution in [0.15, 0.2) is 121 Å². The van der Waals surface area contributed by atoms with Gasteiger partial charge in [0.1, 0.15) is 4.83 Å². The summed E-state index contributed by atoms with van der Waals surface area (Å²) >= 11 is 3.38. The quantitative estimate of drug-likeness (QED) is 0.123. The number of benzene rings is 5. The van der Waals surface area contributed by atoms with Gasteiger partial charge in [-0.2, -0.15) is 29.5 Å². The number of rotatable bonds is 6. The molecule has 9 aromatic rings. The first-order valence-electron chi connectivity index (χ1n) is 23.0. The number of hydrogen-bond acceptors (Lipinski definition) is 5. The van der Waals surface area contributed by atoms with Crippen molar-refractivity contribution in [3.8, 4) is 11.3 Å². The molecule has 0 fully saturated rings. The average molecular weight is 1030 g/mol. The number of aromatic nitrogens is 2. The summed E-state index contributed by atoms with van der Waals surface area (Å²) in [7, 11) is -1.70. The molecule has 8 heteroatoms. The van der Waals surface area contributed by atoms with Gasteiger partial charge in [0.15, 0.2) is 0 Å². The topological polar surface area (TPSA) is 43.1 Å². The molecule has 5 aromatic carbocycles. The molecule has 1 aliphatic heterocycles. The summed E-state index contributed by atoms with van der Waals surface area (Å²) in [4.78, 5) is 12.2. The molecule has 0 spiro atoms. The van der Waals surface area contributed by atoms with Crippen LogP contribution in [0.1, 0.15) is 75.9 Å². The average Bonchev–Trinajstić information content (AvgIpc) is 3.97. The van der Waals surface area contributed by atoms with Gasteiger partial charge in [-0.15, -0.1) is 63.9 Å². The Morgan fingerprint density at radius 1 is 0.836 bits per heavy atom. The molecule has 1 atom stereocenters. The van der Waals surface area contributed by atoms with Crippen LogP contribution < -0.4 is 10.1 Å². The number of anilines is 2. The van der Waals surface area contributed by atoms with Crippen molar-refractivity contribution in [3.05, 3.63) is 161 Å². The number of aryl methyl sites for hydroxylation is 1. The van der Waals surface area contributed by atoms with Gasteiger partial charge in [0, 0.05) is 50.3 Å². The van der Waals surface area contributed by atoms with Crippen molar-refractivity contribution < 1.29 is 27.0 Å². The van der Waals surface area contributed by atoms with Crippen LogP contribution in [0.25, 0.3) is 57.0 Å². The monoisotopic (exact) mass is 1030 g/mol. The Balaban J connectivity index is 0.000000211. The Morgan fingerprint density at radius 3 is 2.38 bits per heavy atom. The fourth-order valence-electron chi connectivity index (χ4n) is 8.13. The first-order valence-corrected chi connectivity index (χ1v) is 25.6. The van der Waals surface area contributed by atoms with E-state index in [9.17, 15) is 0 Å². The number of pyridine rings is 2. The van der Waals surface area contributed by atoms with Crippen molar-refractivity contribution in [2.45, 2.75) is 79.6 Å². The Labute approximate surface area is 390 Å². The molecule has 5 heterocycles. The molecule has 0 saturated heterocycles. The third-order valence-corrected chi connectivity index (χ3v) is 15.2. The molecule has 0 amide bonds. The number of hydrogen-bond donors (Lipinski definition) is 0. The van der Waals surface area contributed by atoms with Crippen LogP contribution >= 0.6 is 22.7 Å². The summed E-state index contributed by atoms with van der Waals surface area (Å²) in [6, 6.07) is 45.4. The zero-order valence-corrected chi connectivity index (χ0v) is 40.7. The summed E-state index contributed by atoms with van der Waals surface area (Å²) in [5.41, 5.74) is 7.54. The van der Waals surface area contributed by atoms with Crippen molar-refractivity contribution in [3.63, 3.8) is 0 Å². The first kappa shape index (κ1) is 36.9. The zero-order valence-electron chi connectivity index (χ0n) is 40.6. The summed E-state index contributed by atoms with van der Waals surface area (Å²) in [5.74, 6) is 0.397. The van der Waals surface area contributed by atoms with Gasteiger partial charge >= 0.3 is 20.1 Å². The molecule has 10 rings (SSSR count). The van der Waals surface area contributed by atoms with Crippen molar-refractivity contribution in [1.82, 2.24) is 9.97 Å². The molecule has 308 valence electrons. The van der Waals surface area contributed by atoms with Gasteiger partial charge in [0.05, 0.1) is 8.07 Å². The van der Waals surface area contributed by atoms with Crippen molar-refractivity contribution in [2.24, 2.45) is 5.41 Å². The normalized spacial score (nSPS) is 15.7. The molecular formula is C53H51IrN4S2Si. The van der Waals surface area contributed by atoms with E-state index in [-0.39, 0.29) is 32.0 Å². The van der Waals surface area contributed by atoms with Crippen LogP contribution in [0.2, 0.25) is 19.6 Å². The van der Waals surface area contributed by atoms with Gasteiger partial charge in [-0.05, 0) is 76.8 Å². The molecule has 0 aliphatic carbocycles. The van der Waals surface area contributed by atoms with E-state index in [2.05, 4.69) is 115 Å². The van der Waals surface area contributed by atoms with E-state index < -0.39 is 26.7 Å².